The number of carboxylic acids is 1. The Morgan fingerprint density at radius 2 is 2.35 bits per heavy atom. The average Bonchev–Trinajstić information content (AvgIpc) is 2.87. The van der Waals surface area contributed by atoms with E-state index in [1.165, 1.54) is 15.9 Å². The van der Waals surface area contributed by atoms with Crippen LogP contribution in [0.25, 0.3) is 0 Å². The van der Waals surface area contributed by atoms with Crippen LogP contribution in [0, 0.1) is 0 Å². The van der Waals surface area contributed by atoms with Crippen molar-refractivity contribution in [2.45, 2.75) is 6.54 Å². The third-order valence-corrected chi connectivity index (χ3v) is 2.71. The lowest BCUT2D eigenvalue weighted by Crippen LogP contribution is -2.19. The van der Waals surface area contributed by atoms with Gasteiger partial charge in [0.1, 0.15) is 12.2 Å². The van der Waals surface area contributed by atoms with Gasteiger partial charge in [-0.05, 0) is 12.1 Å². The van der Waals surface area contributed by atoms with Gasteiger partial charge in [0.2, 0.25) is 0 Å². The van der Waals surface area contributed by atoms with Crippen molar-refractivity contribution >= 4 is 28.3 Å². The van der Waals surface area contributed by atoms with E-state index in [-0.39, 0.29) is 12.5 Å². The topological polar surface area (TPSA) is 84.2 Å². The summed E-state index contributed by atoms with van der Waals surface area (Å²) in [4.78, 5) is 26.3. The van der Waals surface area contributed by atoms with Crippen LogP contribution in [-0.4, -0.2) is 26.5 Å². The smallest absolute Gasteiger partial charge is 0.323 e. The molecule has 2 aromatic heterocycles. The number of nitrogens with one attached hydrogen (secondary N) is 1. The Kier molecular flexibility index (Phi) is 3.20. The number of carbonyl (C=O) groups excluding carboxylic acids is 1. The van der Waals surface area contributed by atoms with Gasteiger partial charge in [0.05, 0.1) is 0 Å². The fourth-order valence-electron chi connectivity index (χ4n) is 1.35. The molecule has 0 spiro atoms. The predicted molar refractivity (Wildman–Crippen MR) is 62.1 cm³/mol. The lowest BCUT2D eigenvalue weighted by Gasteiger charge is -2.05. The van der Waals surface area contributed by atoms with E-state index in [1.54, 1.807) is 29.9 Å². The van der Waals surface area contributed by atoms with Crippen LogP contribution in [0.2, 0.25) is 0 Å². The zero-order valence-corrected chi connectivity index (χ0v) is 9.48. The van der Waals surface area contributed by atoms with Crippen LogP contribution in [0.15, 0.2) is 29.9 Å². The molecule has 0 aliphatic heterocycles. The highest BCUT2D eigenvalue weighted by Crippen LogP contribution is 2.12. The maximum atomic E-state index is 11.8. The lowest BCUT2D eigenvalue weighted by molar-refractivity contribution is -0.137. The Morgan fingerprint density at radius 3 is 3.00 bits per heavy atom. The van der Waals surface area contributed by atoms with Gasteiger partial charge in [0, 0.05) is 17.8 Å². The Balaban J connectivity index is 2.14. The van der Waals surface area contributed by atoms with Gasteiger partial charge in [-0.3, -0.25) is 14.9 Å². The van der Waals surface area contributed by atoms with Gasteiger partial charge in [0.25, 0.3) is 5.91 Å². The van der Waals surface area contributed by atoms with Crippen molar-refractivity contribution in [2.75, 3.05) is 5.32 Å². The molecule has 0 fully saturated rings. The molecule has 1 amide bonds. The van der Waals surface area contributed by atoms with Gasteiger partial charge >= 0.3 is 5.97 Å². The van der Waals surface area contributed by atoms with Crippen molar-refractivity contribution in [1.82, 2.24) is 9.55 Å². The number of hydrogen-bond donors (Lipinski definition) is 2. The Hall–Kier alpha value is -2.15. The number of nitrogens with zero attached hydrogens (tertiary/aromatic N) is 2. The molecule has 0 aromatic carbocycles. The second kappa shape index (κ2) is 4.79. The van der Waals surface area contributed by atoms with Crippen molar-refractivity contribution in [3.05, 3.63) is 35.6 Å². The molecule has 0 radical (unpaired) electrons. The quantitative estimate of drug-likeness (QED) is 0.857. The molecule has 17 heavy (non-hydrogen) atoms. The number of aromatic nitrogens is 2. The summed E-state index contributed by atoms with van der Waals surface area (Å²) in [6.45, 7) is -0.242. The number of anilines is 1. The fourth-order valence-corrected chi connectivity index (χ4v) is 1.87. The van der Waals surface area contributed by atoms with Crippen LogP contribution in [0.1, 0.15) is 10.5 Å². The van der Waals surface area contributed by atoms with E-state index in [2.05, 4.69) is 10.3 Å². The van der Waals surface area contributed by atoms with Crippen molar-refractivity contribution in [3.63, 3.8) is 0 Å². The molecule has 2 heterocycles. The molecular formula is C10H9N3O3S. The molecule has 0 atom stereocenters. The van der Waals surface area contributed by atoms with Gasteiger partial charge in [-0.2, -0.15) is 0 Å². The van der Waals surface area contributed by atoms with Gasteiger partial charge in [-0.15, -0.1) is 11.3 Å². The SMILES string of the molecule is O=C(O)Cn1cccc1C(=O)Nc1nccs1. The summed E-state index contributed by atoms with van der Waals surface area (Å²) in [7, 11) is 0. The number of carboxylic acid groups (broad SMARTS) is 1. The highest BCUT2D eigenvalue weighted by atomic mass is 32.1. The average molecular weight is 251 g/mol. The second-order valence-electron chi connectivity index (χ2n) is 3.21. The highest BCUT2D eigenvalue weighted by Gasteiger charge is 2.13. The minimum atomic E-state index is -0.996. The van der Waals surface area contributed by atoms with E-state index in [9.17, 15) is 9.59 Å². The van der Waals surface area contributed by atoms with Crippen molar-refractivity contribution in [3.8, 4) is 0 Å². The summed E-state index contributed by atoms with van der Waals surface area (Å²) < 4.78 is 1.37. The number of carbonyl (C=O) groups is 2. The van der Waals surface area contributed by atoms with Crippen LogP contribution < -0.4 is 5.32 Å². The first-order chi connectivity index (χ1) is 8.16. The number of amides is 1. The number of rotatable bonds is 4. The highest BCUT2D eigenvalue weighted by molar-refractivity contribution is 7.13. The normalized spacial score (nSPS) is 10.1. The van der Waals surface area contributed by atoms with Crippen molar-refractivity contribution in [2.24, 2.45) is 0 Å². The molecule has 0 unspecified atom stereocenters. The lowest BCUT2D eigenvalue weighted by atomic mass is 10.4. The molecule has 0 saturated carbocycles. The first-order valence-electron chi connectivity index (χ1n) is 4.74. The van der Waals surface area contributed by atoms with Crippen LogP contribution in [0.5, 0.6) is 0 Å². The van der Waals surface area contributed by atoms with Gasteiger partial charge in [0.15, 0.2) is 5.13 Å². The summed E-state index contributed by atoms with van der Waals surface area (Å²) in [6, 6.07) is 3.19. The first kappa shape index (κ1) is 11.3. The minimum Gasteiger partial charge on any atom is -0.480 e. The molecule has 0 saturated heterocycles. The minimum absolute atomic E-state index is 0.242. The summed E-state index contributed by atoms with van der Waals surface area (Å²) >= 11 is 1.30. The second-order valence-corrected chi connectivity index (χ2v) is 4.10. The molecular weight excluding hydrogens is 242 g/mol. The molecule has 7 heteroatoms. The summed E-state index contributed by atoms with van der Waals surface area (Å²) in [6.07, 6.45) is 3.13. The van der Waals surface area contributed by atoms with E-state index in [0.717, 1.165) is 0 Å². The van der Waals surface area contributed by atoms with Gasteiger partial charge in [-0.1, -0.05) is 0 Å². The van der Waals surface area contributed by atoms with Crippen LogP contribution in [-0.2, 0) is 11.3 Å². The predicted octanol–water partition coefficient (Wildman–Crippen LogP) is 1.28. The van der Waals surface area contributed by atoms with Crippen LogP contribution in [0.3, 0.4) is 0 Å². The Morgan fingerprint density at radius 1 is 1.53 bits per heavy atom. The molecule has 0 aliphatic carbocycles. The van der Waals surface area contributed by atoms with E-state index in [1.807, 2.05) is 0 Å². The first-order valence-corrected chi connectivity index (χ1v) is 5.62. The molecule has 88 valence electrons. The van der Waals surface area contributed by atoms with Crippen LogP contribution in [0.4, 0.5) is 5.13 Å². The third-order valence-electron chi connectivity index (χ3n) is 2.02. The molecule has 6 nitrogen and oxygen atoms in total. The maximum Gasteiger partial charge on any atom is 0.323 e. The van der Waals surface area contributed by atoms with E-state index >= 15 is 0 Å². The van der Waals surface area contributed by atoms with E-state index < -0.39 is 5.97 Å². The third kappa shape index (κ3) is 2.70. The van der Waals surface area contributed by atoms with Crippen molar-refractivity contribution in [1.29, 1.82) is 0 Å². The Labute approximate surface area is 101 Å². The molecule has 0 bridgehead atoms. The number of hydrogen-bond acceptors (Lipinski definition) is 4. The molecule has 2 aromatic rings. The monoisotopic (exact) mass is 251 g/mol. The van der Waals surface area contributed by atoms with Crippen LogP contribution >= 0.6 is 11.3 Å². The largest absolute Gasteiger partial charge is 0.480 e. The molecule has 0 aliphatic rings. The molecule has 2 rings (SSSR count). The van der Waals surface area contributed by atoms with E-state index in [0.29, 0.717) is 10.8 Å². The summed E-state index contributed by atoms with van der Waals surface area (Å²) in [5, 5.41) is 13.5. The maximum absolute atomic E-state index is 11.8. The standard InChI is InChI=1S/C10H9N3O3S/c14-8(15)6-13-4-1-2-7(13)9(16)12-10-11-3-5-17-10/h1-5H,6H2,(H,14,15)(H,11,12,16). The van der Waals surface area contributed by atoms with E-state index in [4.69, 9.17) is 5.11 Å². The number of thiazole rings is 1. The van der Waals surface area contributed by atoms with Crippen molar-refractivity contribution < 1.29 is 14.7 Å². The zero-order valence-electron chi connectivity index (χ0n) is 8.66. The van der Waals surface area contributed by atoms with Gasteiger partial charge in [-0.25, -0.2) is 4.98 Å². The number of aliphatic carboxylic acids is 1. The Bertz CT molecular complexity index is 533. The summed E-state index contributed by atoms with van der Waals surface area (Å²) in [5.41, 5.74) is 0.294. The molecule has 2 N–H and O–H groups in total. The fraction of sp³-hybridized carbons (Fsp3) is 0.100. The zero-order chi connectivity index (χ0) is 12.3. The van der Waals surface area contributed by atoms with Gasteiger partial charge < -0.3 is 9.67 Å². The summed E-state index contributed by atoms with van der Waals surface area (Å²) in [5.74, 6) is -1.37.